The molecule has 1 aromatic heterocycles. The molecule has 0 atom stereocenters. The smallest absolute Gasteiger partial charge is 0.241 e. The van der Waals surface area contributed by atoms with Gasteiger partial charge in [-0.3, -0.25) is 0 Å². The van der Waals surface area contributed by atoms with Gasteiger partial charge in [0.25, 0.3) is 0 Å². The molecule has 1 aliphatic heterocycles. The van der Waals surface area contributed by atoms with E-state index in [0.29, 0.717) is 17.9 Å². The number of nitrogens with one attached hydrogen (secondary N) is 2. The Bertz CT molecular complexity index is 1070. The van der Waals surface area contributed by atoms with Gasteiger partial charge in [-0.25, -0.2) is 13.1 Å². The molecule has 0 unspecified atom stereocenters. The summed E-state index contributed by atoms with van der Waals surface area (Å²) in [5.41, 5.74) is 1.44. The minimum atomic E-state index is -3.69. The third-order valence-electron chi connectivity index (χ3n) is 4.37. The molecule has 0 saturated heterocycles. The standard InChI is InChI=1S/C19H20N2O4S/c1-19(2,10-13-11-20-16-6-4-3-5-15(13)16)21-26(22,23)14-7-8-17-18(9-14)25-12-24-17/h3-9,11,20-21H,10,12H2,1-2H3. The van der Waals surface area contributed by atoms with Crippen molar-refractivity contribution in [2.45, 2.75) is 30.7 Å². The number of aromatic amines is 1. The van der Waals surface area contributed by atoms with E-state index in [4.69, 9.17) is 9.47 Å². The van der Waals surface area contributed by atoms with Gasteiger partial charge in [-0.05, 0) is 44.0 Å². The number of rotatable bonds is 5. The van der Waals surface area contributed by atoms with Crippen LogP contribution >= 0.6 is 0 Å². The van der Waals surface area contributed by atoms with Crippen LogP contribution in [0.2, 0.25) is 0 Å². The molecule has 1 aliphatic rings. The average Bonchev–Trinajstić information content (AvgIpc) is 3.20. The van der Waals surface area contributed by atoms with E-state index in [0.717, 1.165) is 16.5 Å². The Morgan fingerprint density at radius 2 is 1.88 bits per heavy atom. The normalized spacial score (nSPS) is 14.1. The highest BCUT2D eigenvalue weighted by atomic mass is 32.2. The molecule has 0 spiro atoms. The van der Waals surface area contributed by atoms with Crippen LogP contribution in [-0.2, 0) is 16.4 Å². The lowest BCUT2D eigenvalue weighted by Gasteiger charge is -2.26. The second-order valence-electron chi connectivity index (χ2n) is 7.04. The Hall–Kier alpha value is -2.51. The summed E-state index contributed by atoms with van der Waals surface area (Å²) < 4.78 is 39.0. The molecular formula is C19H20N2O4S. The van der Waals surface area contributed by atoms with E-state index in [1.165, 1.54) is 12.1 Å². The van der Waals surface area contributed by atoms with E-state index >= 15 is 0 Å². The molecule has 0 radical (unpaired) electrons. The second kappa shape index (κ2) is 6.03. The van der Waals surface area contributed by atoms with Crippen molar-refractivity contribution in [1.29, 1.82) is 0 Å². The lowest BCUT2D eigenvalue weighted by Crippen LogP contribution is -2.44. The quantitative estimate of drug-likeness (QED) is 0.721. The van der Waals surface area contributed by atoms with E-state index < -0.39 is 15.6 Å². The van der Waals surface area contributed by atoms with Crippen molar-refractivity contribution in [2.75, 3.05) is 6.79 Å². The molecule has 0 amide bonds. The third-order valence-corrected chi connectivity index (χ3v) is 6.07. The molecule has 6 nitrogen and oxygen atoms in total. The van der Waals surface area contributed by atoms with Crippen molar-refractivity contribution in [3.8, 4) is 11.5 Å². The molecule has 0 fully saturated rings. The summed E-state index contributed by atoms with van der Waals surface area (Å²) in [6, 6.07) is 12.6. The first-order valence-corrected chi connectivity index (χ1v) is 9.81. The third kappa shape index (κ3) is 3.15. The zero-order valence-electron chi connectivity index (χ0n) is 14.6. The molecule has 7 heteroatoms. The highest BCUT2D eigenvalue weighted by Gasteiger charge is 2.28. The van der Waals surface area contributed by atoms with E-state index in [2.05, 4.69) is 9.71 Å². The second-order valence-corrected chi connectivity index (χ2v) is 8.72. The van der Waals surface area contributed by atoms with E-state index in [-0.39, 0.29) is 11.7 Å². The number of fused-ring (bicyclic) bond motifs is 2. The average molecular weight is 372 g/mol. The van der Waals surface area contributed by atoms with E-state index in [1.807, 2.05) is 44.3 Å². The molecule has 2 heterocycles. The van der Waals surface area contributed by atoms with Crippen molar-refractivity contribution >= 4 is 20.9 Å². The molecule has 136 valence electrons. The van der Waals surface area contributed by atoms with Gasteiger partial charge in [-0.1, -0.05) is 18.2 Å². The predicted octanol–water partition coefficient (Wildman–Crippen LogP) is 3.20. The SMILES string of the molecule is CC(C)(Cc1c[nH]c2ccccc12)NS(=O)(=O)c1ccc2c(c1)OCO2. The van der Waals surface area contributed by atoms with Gasteiger partial charge in [-0.2, -0.15) is 0 Å². The number of sulfonamides is 1. The molecule has 0 bridgehead atoms. The van der Waals surface area contributed by atoms with Crippen LogP contribution in [0.25, 0.3) is 10.9 Å². The number of hydrogen-bond donors (Lipinski definition) is 2. The fourth-order valence-corrected chi connectivity index (χ4v) is 4.68. The molecule has 0 aliphatic carbocycles. The summed E-state index contributed by atoms with van der Waals surface area (Å²) in [5, 5.41) is 1.10. The van der Waals surface area contributed by atoms with Crippen molar-refractivity contribution in [2.24, 2.45) is 0 Å². The zero-order chi connectivity index (χ0) is 18.4. The van der Waals surface area contributed by atoms with Crippen molar-refractivity contribution < 1.29 is 17.9 Å². The van der Waals surface area contributed by atoms with Crippen LogP contribution < -0.4 is 14.2 Å². The Morgan fingerprint density at radius 1 is 1.12 bits per heavy atom. The first-order chi connectivity index (χ1) is 12.3. The van der Waals surface area contributed by atoms with Gasteiger partial charge < -0.3 is 14.5 Å². The molecule has 0 saturated carbocycles. The summed E-state index contributed by atoms with van der Waals surface area (Å²) >= 11 is 0. The Labute approximate surface area is 152 Å². The van der Waals surface area contributed by atoms with Crippen LogP contribution in [0.15, 0.2) is 53.6 Å². The van der Waals surface area contributed by atoms with Crippen LogP contribution in [0.1, 0.15) is 19.4 Å². The lowest BCUT2D eigenvalue weighted by atomic mass is 9.96. The number of hydrogen-bond acceptors (Lipinski definition) is 4. The van der Waals surface area contributed by atoms with Crippen LogP contribution in [0.4, 0.5) is 0 Å². The Balaban J connectivity index is 1.58. The topological polar surface area (TPSA) is 80.4 Å². The largest absolute Gasteiger partial charge is 0.454 e. The Morgan fingerprint density at radius 3 is 2.73 bits per heavy atom. The maximum Gasteiger partial charge on any atom is 0.241 e. The first kappa shape index (κ1) is 16.9. The van der Waals surface area contributed by atoms with Crippen LogP contribution in [0.3, 0.4) is 0 Å². The van der Waals surface area contributed by atoms with Gasteiger partial charge in [-0.15, -0.1) is 0 Å². The minimum absolute atomic E-state index is 0.109. The van der Waals surface area contributed by atoms with Gasteiger partial charge >= 0.3 is 0 Å². The van der Waals surface area contributed by atoms with Crippen LogP contribution in [0, 0.1) is 0 Å². The fraction of sp³-hybridized carbons (Fsp3) is 0.263. The predicted molar refractivity (Wildman–Crippen MR) is 99.0 cm³/mol. The summed E-state index contributed by atoms with van der Waals surface area (Å²) in [6.07, 6.45) is 2.49. The monoisotopic (exact) mass is 372 g/mol. The van der Waals surface area contributed by atoms with Crippen molar-refractivity contribution in [3.63, 3.8) is 0 Å². The maximum absolute atomic E-state index is 12.8. The number of aromatic nitrogens is 1. The molecule has 4 rings (SSSR count). The maximum atomic E-state index is 12.8. The van der Waals surface area contributed by atoms with Gasteiger partial charge in [0.1, 0.15) is 0 Å². The van der Waals surface area contributed by atoms with Crippen molar-refractivity contribution in [3.05, 3.63) is 54.2 Å². The Kier molecular flexibility index (Phi) is 3.93. The van der Waals surface area contributed by atoms with E-state index in [1.54, 1.807) is 6.07 Å². The summed E-state index contributed by atoms with van der Waals surface area (Å²) in [4.78, 5) is 3.39. The molecule has 2 N–H and O–H groups in total. The highest BCUT2D eigenvalue weighted by molar-refractivity contribution is 7.89. The zero-order valence-corrected chi connectivity index (χ0v) is 15.4. The molecule has 3 aromatic rings. The summed E-state index contributed by atoms with van der Waals surface area (Å²) in [6.45, 7) is 3.86. The number of H-pyrrole nitrogens is 1. The summed E-state index contributed by atoms with van der Waals surface area (Å²) in [7, 11) is -3.69. The van der Waals surface area contributed by atoms with Gasteiger partial charge in [0.05, 0.1) is 4.90 Å². The highest BCUT2D eigenvalue weighted by Crippen LogP contribution is 2.34. The number of ether oxygens (including phenoxy) is 2. The van der Waals surface area contributed by atoms with Gasteiger partial charge in [0.2, 0.25) is 16.8 Å². The van der Waals surface area contributed by atoms with Gasteiger partial charge in [0, 0.05) is 28.7 Å². The molecular weight excluding hydrogens is 352 g/mol. The lowest BCUT2D eigenvalue weighted by molar-refractivity contribution is 0.174. The fourth-order valence-electron chi connectivity index (χ4n) is 3.26. The van der Waals surface area contributed by atoms with Gasteiger partial charge in [0.15, 0.2) is 11.5 Å². The minimum Gasteiger partial charge on any atom is -0.454 e. The van der Waals surface area contributed by atoms with E-state index in [9.17, 15) is 8.42 Å². The first-order valence-electron chi connectivity index (χ1n) is 8.33. The molecule has 26 heavy (non-hydrogen) atoms. The van der Waals surface area contributed by atoms with Crippen LogP contribution in [0.5, 0.6) is 11.5 Å². The molecule has 2 aromatic carbocycles. The number of benzene rings is 2. The number of para-hydroxylation sites is 1. The van der Waals surface area contributed by atoms with Crippen LogP contribution in [-0.4, -0.2) is 25.7 Å². The van der Waals surface area contributed by atoms with Crippen molar-refractivity contribution in [1.82, 2.24) is 9.71 Å². The summed E-state index contributed by atoms with van der Waals surface area (Å²) in [5.74, 6) is 1.00.